The third-order valence-electron chi connectivity index (χ3n) is 1.14. The van der Waals surface area contributed by atoms with Crippen LogP contribution in [-0.4, -0.2) is 23.1 Å². The van der Waals surface area contributed by atoms with Crippen LogP contribution in [0.3, 0.4) is 0 Å². The molecule has 3 heteroatoms. The number of halogens is 1. The minimum absolute atomic E-state index is 0. The minimum Gasteiger partial charge on any atom is -1.00 e. The quantitative estimate of drug-likeness (QED) is 0.375. The summed E-state index contributed by atoms with van der Waals surface area (Å²) in [6.45, 7) is 4.23. The fourth-order valence-corrected chi connectivity index (χ4v) is 1.38. The van der Waals surface area contributed by atoms with Gasteiger partial charge in [-0.2, -0.15) is 22.7 Å². The van der Waals surface area contributed by atoms with Crippen LogP contribution in [0.1, 0.15) is 11.1 Å². The first-order valence-corrected chi connectivity index (χ1v) is 3.40. The maximum Gasteiger partial charge on any atom is 2.00 e. The van der Waals surface area contributed by atoms with Crippen molar-refractivity contribution in [2.75, 3.05) is 0 Å². The zero-order valence-corrected chi connectivity index (χ0v) is 9.66. The Morgan fingerprint density at radius 1 is 1.44 bits per heavy atom. The summed E-state index contributed by atoms with van der Waals surface area (Å²) in [5, 5.41) is 0. The molecule has 1 atom stereocenters. The molecule has 0 bridgehead atoms. The molecule has 0 saturated heterocycles. The van der Waals surface area contributed by atoms with Gasteiger partial charge in [-0.15, -0.1) is 0 Å². The molecule has 1 unspecified atom stereocenters. The van der Waals surface area contributed by atoms with Crippen molar-refractivity contribution in [2.24, 2.45) is 0 Å². The van der Waals surface area contributed by atoms with Gasteiger partial charge in [-0.05, 0) is 0 Å². The summed E-state index contributed by atoms with van der Waals surface area (Å²) in [6.07, 6.45) is 0. The van der Waals surface area contributed by atoms with Gasteiger partial charge < -0.3 is 17.0 Å². The Balaban J connectivity index is 0. The molecule has 1 rings (SSSR count). The topological polar surface area (TPSA) is 0 Å². The van der Waals surface area contributed by atoms with Crippen LogP contribution in [0, 0.1) is 19.6 Å². The number of aryl methyl sites for hydroxylation is 2. The molecule has 0 aliphatic carbocycles. The van der Waals surface area contributed by atoms with Gasteiger partial charge in [-0.3, -0.25) is 8.19 Å². The Morgan fingerprint density at radius 3 is 2.11 bits per heavy atom. The van der Waals surface area contributed by atoms with Gasteiger partial charge in [-0.25, -0.2) is 0 Å². The zero-order chi connectivity index (χ0) is 5.28. The van der Waals surface area contributed by atoms with Gasteiger partial charge in [0.25, 0.3) is 0 Å². The van der Waals surface area contributed by atoms with Crippen molar-refractivity contribution in [2.45, 2.75) is 13.8 Å². The second-order valence-electron chi connectivity index (χ2n) is 1.72. The van der Waals surface area contributed by atoms with Crippen molar-refractivity contribution in [1.82, 2.24) is 0 Å². The fraction of sp³-hybridized carbons (Fsp3) is 0.333. The van der Waals surface area contributed by atoms with Crippen molar-refractivity contribution in [1.29, 1.82) is 0 Å². The van der Waals surface area contributed by atoms with Crippen LogP contribution in [0.2, 0.25) is 0 Å². The summed E-state index contributed by atoms with van der Waals surface area (Å²) in [6, 6.07) is 0. The van der Waals surface area contributed by atoms with Crippen molar-refractivity contribution >= 4 is 31.2 Å². The number of hydrogen-bond acceptors (Lipinski definition) is 0. The SMILES string of the molecule is Cc1[c-][pH]cc1C.[Br-].[Mg+2]. The van der Waals surface area contributed by atoms with Gasteiger partial charge >= 0.3 is 23.1 Å². The molecule has 0 N–H and O–H groups in total. The summed E-state index contributed by atoms with van der Waals surface area (Å²) in [5.74, 6) is 5.44. The van der Waals surface area contributed by atoms with Crippen molar-refractivity contribution in [3.8, 4) is 0 Å². The normalized spacial score (nSPS) is 8.22. The van der Waals surface area contributed by atoms with Gasteiger partial charge in [0.05, 0.1) is 0 Å². The molecule has 0 amide bonds. The predicted octanol–water partition coefficient (Wildman–Crippen LogP) is -1.24. The standard InChI is InChI=1S/C6H8P.BrH.Mg/c1-5-3-7-4-6(5)2;;/h3,7H,1-2H3;1H;/q-1;;+2/p-1. The first-order valence-electron chi connectivity index (χ1n) is 2.33. The molecule has 1 aromatic rings. The van der Waals surface area contributed by atoms with Crippen LogP contribution in [0.25, 0.3) is 0 Å². The molecular weight excluding hydrogens is 207 g/mol. The van der Waals surface area contributed by atoms with E-state index in [9.17, 15) is 0 Å². The van der Waals surface area contributed by atoms with Crippen molar-refractivity contribution in [3.63, 3.8) is 0 Å². The Morgan fingerprint density at radius 2 is 2.00 bits per heavy atom. The smallest absolute Gasteiger partial charge is 1.00 e. The van der Waals surface area contributed by atoms with E-state index in [0.717, 1.165) is 8.19 Å². The van der Waals surface area contributed by atoms with E-state index in [1.54, 1.807) is 0 Å². The van der Waals surface area contributed by atoms with E-state index in [-0.39, 0.29) is 40.0 Å². The van der Waals surface area contributed by atoms with E-state index in [2.05, 4.69) is 25.4 Å². The van der Waals surface area contributed by atoms with Crippen LogP contribution in [-0.2, 0) is 0 Å². The molecule has 0 radical (unpaired) electrons. The van der Waals surface area contributed by atoms with Gasteiger partial charge in [0.15, 0.2) is 0 Å². The maximum atomic E-state index is 3.22. The summed E-state index contributed by atoms with van der Waals surface area (Å²) in [4.78, 5) is 0. The Kier molecular flexibility index (Phi) is 8.15. The predicted molar refractivity (Wildman–Crippen MR) is 40.0 cm³/mol. The van der Waals surface area contributed by atoms with Crippen molar-refractivity contribution < 1.29 is 17.0 Å². The Hall–Kier alpha value is 1.03. The Bertz CT molecular complexity index is 145. The van der Waals surface area contributed by atoms with Gasteiger partial charge in [0.2, 0.25) is 0 Å². The first-order chi connectivity index (χ1) is 3.30. The van der Waals surface area contributed by atoms with E-state index in [4.69, 9.17) is 0 Å². The third-order valence-corrected chi connectivity index (χ3v) is 2.24. The summed E-state index contributed by atoms with van der Waals surface area (Å²) in [7, 11) is 0.820. The average Bonchev–Trinajstić information content (AvgIpc) is 1.91. The second kappa shape index (κ2) is 5.78. The average molecular weight is 215 g/mol. The monoisotopic (exact) mass is 214 g/mol. The third kappa shape index (κ3) is 3.67. The molecule has 0 nitrogen and oxygen atoms in total. The summed E-state index contributed by atoms with van der Waals surface area (Å²) in [5.41, 5.74) is 2.73. The van der Waals surface area contributed by atoms with E-state index in [1.165, 1.54) is 11.1 Å². The van der Waals surface area contributed by atoms with E-state index < -0.39 is 0 Å². The molecule has 0 saturated carbocycles. The molecule has 9 heavy (non-hydrogen) atoms. The molecule has 0 fully saturated rings. The maximum absolute atomic E-state index is 3.22. The van der Waals surface area contributed by atoms with Gasteiger partial charge in [-0.1, -0.05) is 13.8 Å². The van der Waals surface area contributed by atoms with Crippen LogP contribution >= 0.6 is 8.19 Å². The second-order valence-corrected chi connectivity index (χ2v) is 2.55. The Labute approximate surface area is 84.4 Å². The number of rotatable bonds is 0. The van der Waals surface area contributed by atoms with Crippen molar-refractivity contribution in [3.05, 3.63) is 22.7 Å². The first kappa shape index (κ1) is 12.7. The molecule has 1 heterocycles. The summed E-state index contributed by atoms with van der Waals surface area (Å²) >= 11 is 0. The molecule has 0 aromatic carbocycles. The molecule has 0 aliphatic heterocycles. The van der Waals surface area contributed by atoms with E-state index in [0.29, 0.717) is 0 Å². The van der Waals surface area contributed by atoms with Crippen LogP contribution in [0.15, 0.2) is 5.80 Å². The molecule has 46 valence electrons. The van der Waals surface area contributed by atoms with E-state index >= 15 is 0 Å². The van der Waals surface area contributed by atoms with Crippen LogP contribution in [0.4, 0.5) is 0 Å². The fourth-order valence-electron chi connectivity index (χ4n) is 0.459. The molecule has 1 aromatic heterocycles. The van der Waals surface area contributed by atoms with Crippen LogP contribution < -0.4 is 17.0 Å². The molecule has 0 aliphatic rings. The number of hydrogen-bond donors (Lipinski definition) is 0. The van der Waals surface area contributed by atoms with Gasteiger partial charge in [0, 0.05) is 0 Å². The van der Waals surface area contributed by atoms with E-state index in [1.807, 2.05) is 0 Å². The minimum atomic E-state index is 0. The van der Waals surface area contributed by atoms with Crippen LogP contribution in [0.5, 0.6) is 0 Å². The largest absolute Gasteiger partial charge is 2.00 e. The summed E-state index contributed by atoms with van der Waals surface area (Å²) < 4.78 is 0. The zero-order valence-electron chi connectivity index (χ0n) is 5.66. The molecule has 0 spiro atoms. The molecular formula is C6H8BrMgP. The van der Waals surface area contributed by atoms with Gasteiger partial charge in [0.1, 0.15) is 0 Å².